The van der Waals surface area contributed by atoms with Gasteiger partial charge < -0.3 is 15.0 Å². The van der Waals surface area contributed by atoms with E-state index in [0.29, 0.717) is 23.8 Å². The number of nitrogens with zero attached hydrogens (tertiary/aromatic N) is 2. The summed E-state index contributed by atoms with van der Waals surface area (Å²) in [5.74, 6) is 0.871. The molecule has 0 unspecified atom stereocenters. The lowest BCUT2D eigenvalue weighted by molar-refractivity contribution is 0.143. The highest BCUT2D eigenvalue weighted by atomic mass is 35.5. The Hall–Kier alpha value is -2.24. The molecule has 1 saturated heterocycles. The number of ether oxygens (including phenoxy) is 1. The summed E-state index contributed by atoms with van der Waals surface area (Å²) in [7, 11) is 1.68. The third kappa shape index (κ3) is 4.65. The summed E-state index contributed by atoms with van der Waals surface area (Å²) in [6.45, 7) is 3.93. The van der Waals surface area contributed by atoms with Crippen molar-refractivity contribution in [3.05, 3.63) is 59.1 Å². The van der Waals surface area contributed by atoms with Crippen molar-refractivity contribution in [1.29, 1.82) is 0 Å². The lowest BCUT2D eigenvalue weighted by atomic mass is 10.2. The number of carbonyl (C=O) groups is 1. The molecule has 1 heterocycles. The molecule has 0 atom stereocenters. The Morgan fingerprint density at radius 3 is 2.60 bits per heavy atom. The molecule has 0 bridgehead atoms. The molecular formula is C19H22ClN3O2. The molecule has 0 aromatic heterocycles. The van der Waals surface area contributed by atoms with E-state index in [1.165, 1.54) is 5.56 Å². The summed E-state index contributed by atoms with van der Waals surface area (Å²) in [5, 5.41) is 3.43. The molecule has 1 aliphatic heterocycles. The average molecular weight is 360 g/mol. The number of rotatable bonds is 4. The van der Waals surface area contributed by atoms with Crippen LogP contribution in [0.5, 0.6) is 5.75 Å². The van der Waals surface area contributed by atoms with Crippen LogP contribution in [0.25, 0.3) is 0 Å². The number of halogens is 1. The zero-order valence-corrected chi connectivity index (χ0v) is 15.0. The van der Waals surface area contributed by atoms with E-state index in [0.717, 1.165) is 25.4 Å². The summed E-state index contributed by atoms with van der Waals surface area (Å²) < 4.78 is 5.27. The fourth-order valence-electron chi connectivity index (χ4n) is 2.89. The number of para-hydroxylation sites is 1. The van der Waals surface area contributed by atoms with Crippen LogP contribution in [0, 0.1) is 0 Å². The summed E-state index contributed by atoms with van der Waals surface area (Å²) in [6, 6.07) is 15.3. The highest BCUT2D eigenvalue weighted by Crippen LogP contribution is 2.21. The number of piperazine rings is 1. The molecular weight excluding hydrogens is 338 g/mol. The van der Waals surface area contributed by atoms with Crippen molar-refractivity contribution in [1.82, 2.24) is 9.80 Å². The van der Waals surface area contributed by atoms with Gasteiger partial charge in [-0.2, -0.15) is 0 Å². The zero-order chi connectivity index (χ0) is 17.6. The molecule has 0 spiro atoms. The van der Waals surface area contributed by atoms with Gasteiger partial charge in [-0.25, -0.2) is 4.79 Å². The van der Waals surface area contributed by atoms with Crippen LogP contribution >= 0.6 is 11.6 Å². The van der Waals surface area contributed by atoms with Gasteiger partial charge in [-0.05, 0) is 29.8 Å². The highest BCUT2D eigenvalue weighted by molar-refractivity contribution is 6.33. The Bertz CT molecular complexity index is 730. The van der Waals surface area contributed by atoms with Gasteiger partial charge >= 0.3 is 6.03 Å². The van der Waals surface area contributed by atoms with Gasteiger partial charge in [-0.15, -0.1) is 0 Å². The second-order valence-corrected chi connectivity index (χ2v) is 6.43. The average Bonchev–Trinajstić information content (AvgIpc) is 2.64. The number of anilines is 1. The molecule has 25 heavy (non-hydrogen) atoms. The maximum atomic E-state index is 12.4. The standard InChI is InChI=1S/C19H22ClN3O2/c1-25-16-6-4-5-15(13-16)14-22-9-11-23(12-10-22)19(24)21-18-8-3-2-7-17(18)20/h2-8,13H,9-12,14H2,1H3,(H,21,24). The molecule has 1 N–H and O–H groups in total. The van der Waals surface area contributed by atoms with E-state index in [2.05, 4.69) is 22.3 Å². The van der Waals surface area contributed by atoms with Gasteiger partial charge in [-0.3, -0.25) is 4.90 Å². The van der Waals surface area contributed by atoms with Crippen LogP contribution < -0.4 is 10.1 Å². The first-order valence-electron chi connectivity index (χ1n) is 8.31. The van der Waals surface area contributed by atoms with E-state index in [1.807, 2.05) is 29.2 Å². The number of carbonyl (C=O) groups excluding carboxylic acids is 1. The number of nitrogens with one attached hydrogen (secondary N) is 1. The number of benzene rings is 2. The van der Waals surface area contributed by atoms with Crippen molar-refractivity contribution < 1.29 is 9.53 Å². The van der Waals surface area contributed by atoms with E-state index in [-0.39, 0.29) is 6.03 Å². The molecule has 6 heteroatoms. The Morgan fingerprint density at radius 2 is 1.88 bits per heavy atom. The molecule has 2 aromatic carbocycles. The van der Waals surface area contributed by atoms with Crippen LogP contribution in [-0.4, -0.2) is 49.1 Å². The molecule has 0 saturated carbocycles. The van der Waals surface area contributed by atoms with Crippen molar-refractivity contribution in [3.8, 4) is 5.75 Å². The number of hydrogen-bond acceptors (Lipinski definition) is 3. The van der Waals surface area contributed by atoms with Crippen LogP contribution in [0.1, 0.15) is 5.56 Å². The van der Waals surface area contributed by atoms with Gasteiger partial charge in [0, 0.05) is 32.7 Å². The third-order valence-corrected chi connectivity index (χ3v) is 4.64. The molecule has 5 nitrogen and oxygen atoms in total. The second kappa shape index (κ2) is 8.23. The monoisotopic (exact) mass is 359 g/mol. The van der Waals surface area contributed by atoms with Crippen LogP contribution in [0.2, 0.25) is 5.02 Å². The van der Waals surface area contributed by atoms with E-state index in [1.54, 1.807) is 19.2 Å². The van der Waals surface area contributed by atoms with Gasteiger partial charge in [0.1, 0.15) is 5.75 Å². The van der Waals surface area contributed by atoms with Crippen molar-refractivity contribution in [2.24, 2.45) is 0 Å². The Balaban J connectivity index is 1.51. The smallest absolute Gasteiger partial charge is 0.321 e. The van der Waals surface area contributed by atoms with Crippen molar-refractivity contribution in [3.63, 3.8) is 0 Å². The molecule has 2 amide bonds. The first-order valence-corrected chi connectivity index (χ1v) is 8.69. The SMILES string of the molecule is COc1cccc(CN2CCN(C(=O)Nc3ccccc3Cl)CC2)c1. The maximum absolute atomic E-state index is 12.4. The van der Waals surface area contributed by atoms with Crippen molar-refractivity contribution in [2.75, 3.05) is 38.6 Å². The molecule has 3 rings (SSSR count). The quantitative estimate of drug-likeness (QED) is 0.905. The predicted octanol–water partition coefficient (Wildman–Crippen LogP) is 3.70. The molecule has 2 aromatic rings. The topological polar surface area (TPSA) is 44.8 Å². The normalized spacial score (nSPS) is 15.0. The summed E-state index contributed by atoms with van der Waals surface area (Å²) in [5.41, 5.74) is 1.86. The third-order valence-electron chi connectivity index (χ3n) is 4.32. The van der Waals surface area contributed by atoms with E-state index < -0.39 is 0 Å². The molecule has 0 aliphatic carbocycles. The van der Waals surface area contributed by atoms with Gasteiger partial charge in [-0.1, -0.05) is 35.9 Å². The van der Waals surface area contributed by atoms with E-state index in [4.69, 9.17) is 16.3 Å². The van der Waals surface area contributed by atoms with Crippen LogP contribution in [0.3, 0.4) is 0 Å². The number of amides is 2. The lowest BCUT2D eigenvalue weighted by Gasteiger charge is -2.34. The summed E-state index contributed by atoms with van der Waals surface area (Å²) in [4.78, 5) is 16.6. The minimum Gasteiger partial charge on any atom is -0.497 e. The number of hydrogen-bond donors (Lipinski definition) is 1. The lowest BCUT2D eigenvalue weighted by Crippen LogP contribution is -2.49. The Morgan fingerprint density at radius 1 is 1.12 bits per heavy atom. The van der Waals surface area contributed by atoms with Crippen LogP contribution in [0.15, 0.2) is 48.5 Å². The van der Waals surface area contributed by atoms with E-state index in [9.17, 15) is 4.79 Å². The molecule has 1 fully saturated rings. The first-order chi connectivity index (χ1) is 12.2. The minimum atomic E-state index is -0.103. The van der Waals surface area contributed by atoms with Crippen LogP contribution in [-0.2, 0) is 6.54 Å². The van der Waals surface area contributed by atoms with Gasteiger partial charge in [0.15, 0.2) is 0 Å². The number of urea groups is 1. The second-order valence-electron chi connectivity index (χ2n) is 6.02. The predicted molar refractivity (Wildman–Crippen MR) is 100 cm³/mol. The Labute approximate surface area is 153 Å². The maximum Gasteiger partial charge on any atom is 0.321 e. The van der Waals surface area contributed by atoms with Gasteiger partial charge in [0.05, 0.1) is 17.8 Å². The van der Waals surface area contributed by atoms with Gasteiger partial charge in [0.25, 0.3) is 0 Å². The summed E-state index contributed by atoms with van der Waals surface area (Å²) in [6.07, 6.45) is 0. The summed E-state index contributed by atoms with van der Waals surface area (Å²) >= 11 is 6.09. The highest BCUT2D eigenvalue weighted by Gasteiger charge is 2.21. The van der Waals surface area contributed by atoms with Crippen molar-refractivity contribution >= 4 is 23.3 Å². The fraction of sp³-hybridized carbons (Fsp3) is 0.316. The van der Waals surface area contributed by atoms with Crippen molar-refractivity contribution in [2.45, 2.75) is 6.54 Å². The zero-order valence-electron chi connectivity index (χ0n) is 14.2. The molecule has 1 aliphatic rings. The fourth-order valence-corrected chi connectivity index (χ4v) is 3.08. The molecule has 132 valence electrons. The van der Waals surface area contributed by atoms with Gasteiger partial charge in [0.2, 0.25) is 0 Å². The van der Waals surface area contributed by atoms with Crippen LogP contribution in [0.4, 0.5) is 10.5 Å². The first kappa shape index (κ1) is 17.6. The minimum absolute atomic E-state index is 0.103. The number of methoxy groups -OCH3 is 1. The molecule has 0 radical (unpaired) electrons. The largest absolute Gasteiger partial charge is 0.497 e. The Kier molecular flexibility index (Phi) is 5.79. The van der Waals surface area contributed by atoms with E-state index >= 15 is 0 Å².